The molecule has 0 saturated carbocycles. The Morgan fingerprint density at radius 1 is 1.00 bits per heavy atom. The molecule has 3 rings (SSSR count). The van der Waals surface area contributed by atoms with Crippen LogP contribution in [-0.4, -0.2) is 15.7 Å². The number of benzene rings is 2. The van der Waals surface area contributed by atoms with Crippen LogP contribution >= 0.6 is 0 Å². The Hall–Kier alpha value is -2.88. The smallest absolute Gasteiger partial charge is 0.276 e. The second-order valence-electron chi connectivity index (χ2n) is 4.74. The monoisotopic (exact) mass is 277 g/mol. The number of hydrogen-bond acceptors (Lipinski definition) is 2. The Labute approximate surface area is 123 Å². The highest BCUT2D eigenvalue weighted by Gasteiger charge is 2.13. The molecule has 0 spiro atoms. The standard InChI is InChI=1S/C17H15N3O/c1-13-12-16(17(21)18-14-8-4-2-5-9-14)19-20(13)15-10-6-3-7-11-15/h2-12H,1H3,(H,18,21). The Balaban J connectivity index is 1.86. The van der Waals surface area contributed by atoms with Gasteiger partial charge in [0, 0.05) is 11.4 Å². The summed E-state index contributed by atoms with van der Waals surface area (Å²) in [6.07, 6.45) is 0. The molecule has 4 nitrogen and oxygen atoms in total. The summed E-state index contributed by atoms with van der Waals surface area (Å²) in [5.41, 5.74) is 3.02. The summed E-state index contributed by atoms with van der Waals surface area (Å²) in [4.78, 5) is 12.2. The summed E-state index contributed by atoms with van der Waals surface area (Å²) >= 11 is 0. The quantitative estimate of drug-likeness (QED) is 0.797. The van der Waals surface area contributed by atoms with Gasteiger partial charge in [-0.05, 0) is 37.3 Å². The second kappa shape index (κ2) is 5.63. The van der Waals surface area contributed by atoms with E-state index in [2.05, 4.69) is 10.4 Å². The molecule has 0 saturated heterocycles. The maximum Gasteiger partial charge on any atom is 0.276 e. The minimum atomic E-state index is -0.209. The highest BCUT2D eigenvalue weighted by atomic mass is 16.1. The first-order chi connectivity index (χ1) is 10.2. The van der Waals surface area contributed by atoms with Crippen molar-refractivity contribution < 1.29 is 4.79 Å². The van der Waals surface area contributed by atoms with E-state index in [1.54, 1.807) is 10.7 Å². The normalized spacial score (nSPS) is 10.3. The van der Waals surface area contributed by atoms with Gasteiger partial charge in [-0.15, -0.1) is 0 Å². The first kappa shape index (κ1) is 13.1. The van der Waals surface area contributed by atoms with Crippen LogP contribution in [0, 0.1) is 6.92 Å². The van der Waals surface area contributed by atoms with E-state index in [0.717, 1.165) is 17.1 Å². The molecule has 1 heterocycles. The van der Waals surface area contributed by atoms with Crippen LogP contribution in [0.4, 0.5) is 5.69 Å². The van der Waals surface area contributed by atoms with Crippen LogP contribution in [0.1, 0.15) is 16.2 Å². The van der Waals surface area contributed by atoms with Gasteiger partial charge in [-0.1, -0.05) is 36.4 Å². The minimum Gasteiger partial charge on any atom is -0.321 e. The number of carbonyl (C=O) groups excluding carboxylic acids is 1. The molecule has 0 fully saturated rings. The van der Waals surface area contributed by atoms with Crippen molar-refractivity contribution in [1.82, 2.24) is 9.78 Å². The number of para-hydroxylation sites is 2. The van der Waals surface area contributed by atoms with E-state index in [0.29, 0.717) is 5.69 Å². The van der Waals surface area contributed by atoms with Gasteiger partial charge in [0.15, 0.2) is 5.69 Å². The molecule has 4 heteroatoms. The predicted molar refractivity (Wildman–Crippen MR) is 82.7 cm³/mol. The molecule has 2 aromatic carbocycles. The zero-order valence-electron chi connectivity index (χ0n) is 11.7. The van der Waals surface area contributed by atoms with Crippen LogP contribution in [0.5, 0.6) is 0 Å². The van der Waals surface area contributed by atoms with Crippen LogP contribution < -0.4 is 5.32 Å². The molecule has 0 unspecified atom stereocenters. The van der Waals surface area contributed by atoms with E-state index >= 15 is 0 Å². The molecular weight excluding hydrogens is 262 g/mol. The Bertz CT molecular complexity index is 748. The summed E-state index contributed by atoms with van der Waals surface area (Å²) < 4.78 is 1.76. The molecule has 1 N–H and O–H groups in total. The number of aryl methyl sites for hydroxylation is 1. The summed E-state index contributed by atoms with van der Waals surface area (Å²) in [5.74, 6) is -0.209. The number of nitrogens with zero attached hydrogens (tertiary/aromatic N) is 2. The van der Waals surface area contributed by atoms with Gasteiger partial charge < -0.3 is 5.32 Å². The summed E-state index contributed by atoms with van der Waals surface area (Å²) in [6, 6.07) is 20.9. The molecule has 21 heavy (non-hydrogen) atoms. The van der Waals surface area contributed by atoms with Gasteiger partial charge >= 0.3 is 0 Å². The number of hydrogen-bond donors (Lipinski definition) is 1. The molecule has 1 aromatic heterocycles. The lowest BCUT2D eigenvalue weighted by atomic mass is 10.3. The third-order valence-electron chi connectivity index (χ3n) is 3.15. The van der Waals surface area contributed by atoms with Crippen LogP contribution in [0.15, 0.2) is 66.7 Å². The number of anilines is 1. The molecule has 104 valence electrons. The van der Waals surface area contributed by atoms with Crippen molar-refractivity contribution in [2.24, 2.45) is 0 Å². The van der Waals surface area contributed by atoms with E-state index in [1.165, 1.54) is 0 Å². The number of nitrogens with one attached hydrogen (secondary N) is 1. The number of aromatic nitrogens is 2. The largest absolute Gasteiger partial charge is 0.321 e. The average Bonchev–Trinajstić information content (AvgIpc) is 2.91. The Morgan fingerprint density at radius 3 is 2.29 bits per heavy atom. The van der Waals surface area contributed by atoms with E-state index in [4.69, 9.17) is 0 Å². The third kappa shape index (κ3) is 2.84. The summed E-state index contributed by atoms with van der Waals surface area (Å²) in [7, 11) is 0. The van der Waals surface area contributed by atoms with Crippen molar-refractivity contribution in [2.45, 2.75) is 6.92 Å². The van der Waals surface area contributed by atoms with Gasteiger partial charge in [-0.2, -0.15) is 5.10 Å². The molecule has 0 radical (unpaired) electrons. The van der Waals surface area contributed by atoms with Crippen molar-refractivity contribution in [1.29, 1.82) is 0 Å². The van der Waals surface area contributed by atoms with E-state index in [-0.39, 0.29) is 5.91 Å². The molecule has 3 aromatic rings. The van der Waals surface area contributed by atoms with Gasteiger partial charge in [-0.25, -0.2) is 4.68 Å². The Morgan fingerprint density at radius 2 is 1.62 bits per heavy atom. The van der Waals surface area contributed by atoms with Crippen LogP contribution in [0.3, 0.4) is 0 Å². The number of amides is 1. The van der Waals surface area contributed by atoms with Crippen molar-refractivity contribution in [3.05, 3.63) is 78.1 Å². The lowest BCUT2D eigenvalue weighted by molar-refractivity contribution is 0.102. The van der Waals surface area contributed by atoms with E-state index in [1.807, 2.05) is 67.6 Å². The summed E-state index contributed by atoms with van der Waals surface area (Å²) in [5, 5.41) is 7.22. The second-order valence-corrected chi connectivity index (χ2v) is 4.74. The summed E-state index contributed by atoms with van der Waals surface area (Å²) in [6.45, 7) is 1.93. The van der Waals surface area contributed by atoms with Gasteiger partial charge in [0.25, 0.3) is 5.91 Å². The highest BCUT2D eigenvalue weighted by Crippen LogP contribution is 2.13. The SMILES string of the molecule is Cc1cc(C(=O)Nc2ccccc2)nn1-c1ccccc1. The highest BCUT2D eigenvalue weighted by molar-refractivity contribution is 6.02. The van der Waals surface area contributed by atoms with Crippen molar-refractivity contribution in [3.63, 3.8) is 0 Å². The molecule has 0 aliphatic heterocycles. The van der Waals surface area contributed by atoms with Gasteiger partial charge in [0.05, 0.1) is 5.69 Å². The van der Waals surface area contributed by atoms with Gasteiger partial charge in [0.1, 0.15) is 0 Å². The molecule has 0 aliphatic carbocycles. The van der Waals surface area contributed by atoms with Gasteiger partial charge in [0.2, 0.25) is 0 Å². The maximum atomic E-state index is 12.2. The first-order valence-electron chi connectivity index (χ1n) is 6.72. The lowest BCUT2D eigenvalue weighted by Gasteiger charge is -2.03. The number of carbonyl (C=O) groups is 1. The van der Waals surface area contributed by atoms with Crippen molar-refractivity contribution >= 4 is 11.6 Å². The maximum absolute atomic E-state index is 12.2. The zero-order chi connectivity index (χ0) is 14.7. The molecular formula is C17H15N3O. The van der Waals surface area contributed by atoms with E-state index < -0.39 is 0 Å². The van der Waals surface area contributed by atoms with Crippen LogP contribution in [0.25, 0.3) is 5.69 Å². The zero-order valence-corrected chi connectivity index (χ0v) is 11.7. The third-order valence-corrected chi connectivity index (χ3v) is 3.15. The Kier molecular flexibility index (Phi) is 3.51. The first-order valence-corrected chi connectivity index (χ1v) is 6.72. The molecule has 0 aliphatic rings. The fourth-order valence-corrected chi connectivity index (χ4v) is 2.13. The fraction of sp³-hybridized carbons (Fsp3) is 0.0588. The van der Waals surface area contributed by atoms with Crippen LogP contribution in [-0.2, 0) is 0 Å². The topological polar surface area (TPSA) is 46.9 Å². The average molecular weight is 277 g/mol. The van der Waals surface area contributed by atoms with Crippen molar-refractivity contribution in [2.75, 3.05) is 5.32 Å². The van der Waals surface area contributed by atoms with E-state index in [9.17, 15) is 4.79 Å². The fourth-order valence-electron chi connectivity index (χ4n) is 2.13. The van der Waals surface area contributed by atoms with Gasteiger partial charge in [-0.3, -0.25) is 4.79 Å². The number of rotatable bonds is 3. The minimum absolute atomic E-state index is 0.209. The molecule has 0 atom stereocenters. The predicted octanol–water partition coefficient (Wildman–Crippen LogP) is 3.43. The molecule has 1 amide bonds. The molecule has 0 bridgehead atoms. The van der Waals surface area contributed by atoms with Crippen molar-refractivity contribution in [3.8, 4) is 5.69 Å². The lowest BCUT2D eigenvalue weighted by Crippen LogP contribution is -2.13. The van der Waals surface area contributed by atoms with Crippen LogP contribution in [0.2, 0.25) is 0 Å².